The smallest absolute Gasteiger partial charge is 0.231 e. The number of fused-ring (bicyclic) bond motifs is 9. The molecule has 1 unspecified atom stereocenters. The first-order valence-corrected chi connectivity index (χ1v) is 12.0. The number of likely N-dealkylation sites (N-methyl/N-ethyl adjacent to an activating group) is 1. The predicted molar refractivity (Wildman–Crippen MR) is 127 cm³/mol. The van der Waals surface area contributed by atoms with Crippen LogP contribution in [0.1, 0.15) is 45.5 Å². The third kappa shape index (κ3) is 3.26. The van der Waals surface area contributed by atoms with Crippen LogP contribution < -0.4 is 19.9 Å². The molecule has 2 bridgehead atoms. The molecule has 6 rings (SSSR count). The number of nitrogens with two attached hydrogens (primary N) is 1. The van der Waals surface area contributed by atoms with E-state index in [0.29, 0.717) is 35.7 Å². The van der Waals surface area contributed by atoms with Crippen molar-refractivity contribution in [3.8, 4) is 34.8 Å². The normalized spacial score (nSPS) is 27.8. The number of phenolic OH excluding ortho intramolecular Hbond substituents is 2. The van der Waals surface area contributed by atoms with Crippen molar-refractivity contribution in [1.29, 1.82) is 5.26 Å². The van der Waals surface area contributed by atoms with Gasteiger partial charge >= 0.3 is 0 Å². The number of aryl methyl sites for hydroxylation is 1. The van der Waals surface area contributed by atoms with E-state index in [4.69, 9.17) is 19.9 Å². The predicted octanol–water partition coefficient (Wildman–Crippen LogP) is 2.18. The van der Waals surface area contributed by atoms with Gasteiger partial charge in [-0.05, 0) is 44.9 Å². The molecule has 187 valence electrons. The Morgan fingerprint density at radius 3 is 2.53 bits per heavy atom. The van der Waals surface area contributed by atoms with Crippen molar-refractivity contribution < 1.29 is 68.5 Å². The molecular formula is C26H30AcN4O5. The van der Waals surface area contributed by atoms with Gasteiger partial charge in [0.05, 0.1) is 25.3 Å². The quantitative estimate of drug-likeness (QED) is 0.432. The Bertz CT molecular complexity index is 1290. The van der Waals surface area contributed by atoms with Gasteiger partial charge in [-0.2, -0.15) is 5.26 Å². The summed E-state index contributed by atoms with van der Waals surface area (Å²) in [5.74, 6) is 1.96. The van der Waals surface area contributed by atoms with Crippen LogP contribution >= 0.6 is 0 Å². The van der Waals surface area contributed by atoms with E-state index in [1.165, 1.54) is 0 Å². The molecule has 0 spiro atoms. The van der Waals surface area contributed by atoms with Gasteiger partial charge in [-0.15, -0.1) is 0 Å². The average molecular weight is 706 g/mol. The van der Waals surface area contributed by atoms with Crippen LogP contribution in [0.25, 0.3) is 0 Å². The van der Waals surface area contributed by atoms with Crippen molar-refractivity contribution in [2.24, 2.45) is 5.73 Å². The standard InChI is InChI=1S/C26H30N4O5.Ac/c1-11-5-13-6-15-17(8-27)30-16(21(29(15)3)19(13)23(32)24(11)33-4)7-14-20(18(30)9-28)26-25(34-10-35-26)12(2)22(14)31;/h5,15-18,21,31-32H,6-7,9-10,28H2,1-4H3;/t15-,16?,17-,18-,21-;/m0./s1. The van der Waals surface area contributed by atoms with E-state index in [1.54, 1.807) is 7.11 Å². The van der Waals surface area contributed by atoms with Crippen LogP contribution in [-0.4, -0.2) is 65.6 Å². The van der Waals surface area contributed by atoms with Crippen molar-refractivity contribution >= 4 is 0 Å². The number of methoxy groups -OCH3 is 1. The van der Waals surface area contributed by atoms with Gasteiger partial charge < -0.3 is 30.2 Å². The minimum atomic E-state index is -0.429. The summed E-state index contributed by atoms with van der Waals surface area (Å²) in [5, 5.41) is 33.0. The first-order valence-electron chi connectivity index (χ1n) is 12.0. The Morgan fingerprint density at radius 2 is 1.86 bits per heavy atom. The molecule has 9 nitrogen and oxygen atoms in total. The van der Waals surface area contributed by atoms with E-state index in [9.17, 15) is 15.5 Å². The number of rotatable bonds is 2. The average Bonchev–Trinajstić information content (AvgIpc) is 3.32. The van der Waals surface area contributed by atoms with Crippen molar-refractivity contribution in [2.45, 2.75) is 56.9 Å². The second-order valence-electron chi connectivity index (χ2n) is 10.0. The summed E-state index contributed by atoms with van der Waals surface area (Å²) in [7, 11) is 3.58. The zero-order chi connectivity index (χ0) is 24.8. The zero-order valence-electron chi connectivity index (χ0n) is 20.9. The van der Waals surface area contributed by atoms with E-state index in [2.05, 4.69) is 21.9 Å². The summed E-state index contributed by atoms with van der Waals surface area (Å²) in [5.41, 5.74) is 11.3. The number of piperazine rings is 1. The van der Waals surface area contributed by atoms with Gasteiger partial charge in [-0.25, -0.2) is 0 Å². The number of phenols is 2. The maximum atomic E-state index is 11.4. The number of nitrogens with zero attached hydrogens (tertiary/aromatic N) is 3. The summed E-state index contributed by atoms with van der Waals surface area (Å²) in [4.78, 5) is 4.41. The number of ether oxygens (including phenoxy) is 3. The minimum Gasteiger partial charge on any atom is -0.507 e. The maximum Gasteiger partial charge on any atom is 0.231 e. The summed E-state index contributed by atoms with van der Waals surface area (Å²) >= 11 is 0. The SMILES string of the molecule is COc1c(C)cc2c(c1O)[C@@H]1C3Cc4c(O)c(C)c5c(c4[C@H](CN)N3[C@@H](C#N)[C@H](C2)N1C)OCO5.[Ac]. The molecule has 4 aliphatic rings. The number of hydrogen-bond donors (Lipinski definition) is 3. The number of hydrogen-bond acceptors (Lipinski definition) is 9. The van der Waals surface area contributed by atoms with E-state index in [1.807, 2.05) is 20.9 Å². The Morgan fingerprint density at radius 1 is 1.14 bits per heavy atom. The third-order valence-corrected chi connectivity index (χ3v) is 8.52. The molecule has 2 aromatic carbocycles. The number of benzene rings is 2. The molecule has 1 radical (unpaired) electrons. The molecular weight excluding hydrogens is 675 g/mol. The first-order chi connectivity index (χ1) is 16.8. The molecule has 0 saturated carbocycles. The van der Waals surface area contributed by atoms with Crippen LogP contribution in [0.4, 0.5) is 0 Å². The van der Waals surface area contributed by atoms with Crippen molar-refractivity contribution in [2.75, 3.05) is 27.5 Å². The van der Waals surface area contributed by atoms with E-state index in [-0.39, 0.29) is 93.1 Å². The summed E-state index contributed by atoms with van der Waals surface area (Å²) < 4.78 is 17.1. The van der Waals surface area contributed by atoms with Crippen LogP contribution in [-0.2, 0) is 12.8 Å². The largest absolute Gasteiger partial charge is 0.507 e. The minimum absolute atomic E-state index is 0. The molecule has 4 heterocycles. The van der Waals surface area contributed by atoms with Gasteiger partial charge in [0, 0.05) is 84.9 Å². The molecule has 10 heteroatoms. The second-order valence-corrected chi connectivity index (χ2v) is 10.0. The van der Waals surface area contributed by atoms with Gasteiger partial charge in [0.2, 0.25) is 6.79 Å². The van der Waals surface area contributed by atoms with Gasteiger partial charge in [0.25, 0.3) is 0 Å². The van der Waals surface area contributed by atoms with Gasteiger partial charge in [-0.1, -0.05) is 6.07 Å². The second kappa shape index (κ2) is 9.22. The monoisotopic (exact) mass is 705 g/mol. The van der Waals surface area contributed by atoms with Crippen molar-refractivity contribution in [3.05, 3.63) is 39.4 Å². The molecule has 1 fully saturated rings. The summed E-state index contributed by atoms with van der Waals surface area (Å²) in [6, 6.07) is 3.37. The van der Waals surface area contributed by atoms with E-state index >= 15 is 0 Å². The molecule has 4 N–H and O–H groups in total. The first kappa shape index (κ1) is 25.9. The van der Waals surface area contributed by atoms with E-state index < -0.39 is 6.04 Å². The molecule has 2 aromatic rings. The van der Waals surface area contributed by atoms with E-state index in [0.717, 1.165) is 27.8 Å². The third-order valence-electron chi connectivity index (χ3n) is 8.52. The Hall–Kier alpha value is -1.75. The molecule has 0 amide bonds. The Labute approximate surface area is 246 Å². The van der Waals surface area contributed by atoms with Crippen LogP contribution in [0.5, 0.6) is 28.7 Å². The van der Waals surface area contributed by atoms with Crippen molar-refractivity contribution in [3.63, 3.8) is 0 Å². The van der Waals surface area contributed by atoms with Crippen LogP contribution in [0.2, 0.25) is 0 Å². The molecule has 36 heavy (non-hydrogen) atoms. The molecule has 4 aliphatic heterocycles. The fourth-order valence-corrected chi connectivity index (χ4v) is 7.07. The van der Waals surface area contributed by atoms with Crippen molar-refractivity contribution in [1.82, 2.24) is 9.80 Å². The van der Waals surface area contributed by atoms with Crippen LogP contribution in [0.15, 0.2) is 6.07 Å². The van der Waals surface area contributed by atoms with Gasteiger partial charge in [0.15, 0.2) is 23.0 Å². The fourth-order valence-electron chi connectivity index (χ4n) is 7.07. The zero-order valence-corrected chi connectivity index (χ0v) is 25.7. The molecule has 0 aromatic heterocycles. The Kier molecular flexibility index (Phi) is 6.63. The number of aromatic hydroxyl groups is 2. The number of nitriles is 1. The maximum absolute atomic E-state index is 11.4. The van der Waals surface area contributed by atoms with Gasteiger partial charge in [0.1, 0.15) is 11.8 Å². The topological polar surface area (TPSA) is 124 Å². The van der Waals surface area contributed by atoms with Crippen LogP contribution in [0, 0.1) is 69.2 Å². The Balaban J connectivity index is 0.00000267. The molecule has 5 atom stereocenters. The molecule has 1 saturated heterocycles. The fraction of sp³-hybridized carbons (Fsp3) is 0.500. The van der Waals surface area contributed by atoms with Gasteiger partial charge in [-0.3, -0.25) is 9.80 Å². The molecule has 0 aliphatic carbocycles. The summed E-state index contributed by atoms with van der Waals surface area (Å²) in [6.07, 6.45) is 1.10. The van der Waals surface area contributed by atoms with Crippen LogP contribution in [0.3, 0.4) is 0 Å². The summed E-state index contributed by atoms with van der Waals surface area (Å²) in [6.45, 7) is 4.08.